The molecule has 0 spiro atoms. The number of ether oxygens (including phenoxy) is 2. The minimum atomic E-state index is -1.04. The summed E-state index contributed by atoms with van der Waals surface area (Å²) in [7, 11) is 7.76. The number of hydrogen-bond acceptors (Lipinski definition) is 5. The second kappa shape index (κ2) is 9.93. The zero-order valence-electron chi connectivity index (χ0n) is 13.5. The number of nitrogens with zero attached hydrogens (tertiary/aromatic N) is 3. The molecule has 120 valence electrons. The van der Waals surface area contributed by atoms with E-state index in [0.29, 0.717) is 13.2 Å². The molecule has 1 amide bonds. The van der Waals surface area contributed by atoms with E-state index in [2.05, 4.69) is 0 Å². The normalized spacial score (nSPS) is 14.6. The molecule has 0 aromatic rings. The van der Waals surface area contributed by atoms with Crippen LogP contribution in [0.1, 0.15) is 13.8 Å². The van der Waals surface area contributed by atoms with Gasteiger partial charge in [0.25, 0.3) is 0 Å². The maximum atomic E-state index is 11.3. The van der Waals surface area contributed by atoms with E-state index < -0.39 is 18.5 Å². The van der Waals surface area contributed by atoms with Crippen LogP contribution in [0.5, 0.6) is 0 Å². The number of rotatable bonds is 10. The van der Waals surface area contributed by atoms with Crippen LogP contribution in [-0.2, 0) is 9.47 Å². The van der Waals surface area contributed by atoms with Crippen LogP contribution in [-0.4, -0.2) is 92.8 Å². The van der Waals surface area contributed by atoms with Gasteiger partial charge in [-0.1, -0.05) is 0 Å². The smallest absolute Gasteiger partial charge is 0.411 e. The van der Waals surface area contributed by atoms with Crippen molar-refractivity contribution in [1.29, 1.82) is 0 Å². The van der Waals surface area contributed by atoms with Gasteiger partial charge in [0.2, 0.25) is 0 Å². The second-order valence-electron chi connectivity index (χ2n) is 5.24. The predicted octanol–water partition coefficient (Wildman–Crippen LogP) is 0.815. The molecule has 0 saturated carbocycles. The van der Waals surface area contributed by atoms with Gasteiger partial charge in [-0.05, 0) is 42.0 Å². The third-order valence-electron chi connectivity index (χ3n) is 2.80. The van der Waals surface area contributed by atoms with Crippen molar-refractivity contribution in [3.05, 3.63) is 0 Å². The van der Waals surface area contributed by atoms with Crippen LogP contribution in [0.25, 0.3) is 0 Å². The zero-order valence-corrected chi connectivity index (χ0v) is 13.5. The maximum absolute atomic E-state index is 11.3. The van der Waals surface area contributed by atoms with Crippen LogP contribution in [0.15, 0.2) is 0 Å². The molecule has 0 aliphatic heterocycles. The molecule has 0 aliphatic carbocycles. The molecule has 7 nitrogen and oxygen atoms in total. The molecule has 2 unspecified atom stereocenters. The molecule has 0 saturated heterocycles. The molecule has 0 heterocycles. The van der Waals surface area contributed by atoms with Crippen molar-refractivity contribution in [2.45, 2.75) is 26.3 Å². The van der Waals surface area contributed by atoms with Crippen molar-refractivity contribution in [3.8, 4) is 0 Å². The molecule has 7 heteroatoms. The van der Waals surface area contributed by atoms with Crippen molar-refractivity contribution in [1.82, 2.24) is 14.7 Å². The lowest BCUT2D eigenvalue weighted by atomic mass is 10.4. The summed E-state index contributed by atoms with van der Waals surface area (Å²) in [5.74, 6) is 0. The van der Waals surface area contributed by atoms with Gasteiger partial charge in [0.1, 0.15) is 12.5 Å². The Balaban J connectivity index is 4.27. The first-order valence-corrected chi connectivity index (χ1v) is 6.79. The fourth-order valence-electron chi connectivity index (χ4n) is 1.58. The summed E-state index contributed by atoms with van der Waals surface area (Å²) in [4.78, 5) is 16.5. The Kier molecular flexibility index (Phi) is 9.49. The summed E-state index contributed by atoms with van der Waals surface area (Å²) in [5, 5.41) is 9.28. The first-order chi connectivity index (χ1) is 9.25. The fourth-order valence-corrected chi connectivity index (χ4v) is 1.58. The predicted molar refractivity (Wildman–Crippen MR) is 77.8 cm³/mol. The van der Waals surface area contributed by atoms with Gasteiger partial charge < -0.3 is 24.4 Å². The number of carboxylic acid groups (broad SMARTS) is 1. The van der Waals surface area contributed by atoms with Crippen LogP contribution >= 0.6 is 0 Å². The molecule has 2 atom stereocenters. The van der Waals surface area contributed by atoms with Crippen molar-refractivity contribution in [2.24, 2.45) is 0 Å². The molecular formula is C13H29N3O4. The monoisotopic (exact) mass is 291 g/mol. The van der Waals surface area contributed by atoms with E-state index in [1.54, 1.807) is 13.8 Å². The van der Waals surface area contributed by atoms with E-state index in [1.165, 1.54) is 4.90 Å². The van der Waals surface area contributed by atoms with Crippen molar-refractivity contribution in [2.75, 3.05) is 54.5 Å². The van der Waals surface area contributed by atoms with Crippen molar-refractivity contribution >= 4 is 6.09 Å². The first-order valence-electron chi connectivity index (χ1n) is 6.79. The molecule has 0 aromatic carbocycles. The topological polar surface area (TPSA) is 65.5 Å². The third kappa shape index (κ3) is 8.31. The van der Waals surface area contributed by atoms with E-state index in [4.69, 9.17) is 9.47 Å². The van der Waals surface area contributed by atoms with Gasteiger partial charge >= 0.3 is 6.09 Å². The highest BCUT2D eigenvalue weighted by Crippen LogP contribution is 2.09. The Morgan fingerprint density at radius 1 is 0.950 bits per heavy atom. The van der Waals surface area contributed by atoms with E-state index in [1.807, 2.05) is 38.0 Å². The van der Waals surface area contributed by atoms with Gasteiger partial charge in [-0.3, -0.25) is 4.90 Å². The standard InChI is InChI=1S/C13H29N3O4/c1-11(19-9-7-14(3)4)16(13(17)18)12(2)20-10-8-15(5)6/h11-12H,7-10H2,1-6H3,(H,17,18). The molecule has 0 aromatic heterocycles. The van der Waals surface area contributed by atoms with Gasteiger partial charge in [0, 0.05) is 13.1 Å². The van der Waals surface area contributed by atoms with Crippen LogP contribution < -0.4 is 0 Å². The van der Waals surface area contributed by atoms with E-state index in [9.17, 15) is 9.90 Å². The quantitative estimate of drug-likeness (QED) is 0.601. The minimum Gasteiger partial charge on any atom is -0.465 e. The van der Waals surface area contributed by atoms with E-state index in [-0.39, 0.29) is 0 Å². The minimum absolute atomic E-state index is 0.475. The number of likely N-dealkylation sites (N-methyl/N-ethyl adjacent to an activating group) is 2. The summed E-state index contributed by atoms with van der Waals surface area (Å²) in [6.07, 6.45) is -2.12. The van der Waals surface area contributed by atoms with Gasteiger partial charge in [-0.25, -0.2) is 4.79 Å². The SMILES string of the molecule is CC(OCCN(C)C)N(C(=O)O)C(C)OCCN(C)C. The van der Waals surface area contributed by atoms with Crippen molar-refractivity contribution in [3.63, 3.8) is 0 Å². The largest absolute Gasteiger partial charge is 0.465 e. The van der Waals surface area contributed by atoms with Crippen LogP contribution in [0.2, 0.25) is 0 Å². The Morgan fingerprint density at radius 3 is 1.55 bits per heavy atom. The van der Waals surface area contributed by atoms with Gasteiger partial charge in [-0.2, -0.15) is 0 Å². The molecule has 20 heavy (non-hydrogen) atoms. The second-order valence-corrected chi connectivity index (χ2v) is 5.24. The average Bonchev–Trinajstić information content (AvgIpc) is 2.27. The molecule has 0 aliphatic rings. The average molecular weight is 291 g/mol. The van der Waals surface area contributed by atoms with Gasteiger partial charge in [0.15, 0.2) is 0 Å². The van der Waals surface area contributed by atoms with Gasteiger partial charge in [0.05, 0.1) is 13.2 Å². The highest BCUT2D eigenvalue weighted by molar-refractivity contribution is 5.65. The van der Waals surface area contributed by atoms with E-state index >= 15 is 0 Å². The van der Waals surface area contributed by atoms with E-state index in [0.717, 1.165) is 13.1 Å². The fraction of sp³-hybridized carbons (Fsp3) is 0.923. The summed E-state index contributed by atoms with van der Waals surface area (Å²) < 4.78 is 11.1. The summed E-state index contributed by atoms with van der Waals surface area (Å²) >= 11 is 0. The Bertz CT molecular complexity index is 254. The zero-order chi connectivity index (χ0) is 15.7. The highest BCUT2D eigenvalue weighted by atomic mass is 16.5. The summed E-state index contributed by atoms with van der Waals surface area (Å²) in [6.45, 7) is 5.87. The Labute approximate surface area is 122 Å². The van der Waals surface area contributed by atoms with Crippen LogP contribution in [0, 0.1) is 0 Å². The molecular weight excluding hydrogens is 262 g/mol. The maximum Gasteiger partial charge on any atom is 0.411 e. The number of amides is 1. The number of carbonyl (C=O) groups is 1. The third-order valence-corrected chi connectivity index (χ3v) is 2.80. The molecule has 0 radical (unpaired) electrons. The lowest BCUT2D eigenvalue weighted by Gasteiger charge is -2.32. The Hall–Kier alpha value is -0.890. The Morgan fingerprint density at radius 2 is 1.30 bits per heavy atom. The first kappa shape index (κ1) is 19.1. The molecule has 1 N–H and O–H groups in total. The molecule has 0 bridgehead atoms. The number of hydrogen-bond donors (Lipinski definition) is 1. The summed E-state index contributed by atoms with van der Waals surface area (Å²) in [6, 6.07) is 0. The summed E-state index contributed by atoms with van der Waals surface area (Å²) in [5.41, 5.74) is 0. The highest BCUT2D eigenvalue weighted by Gasteiger charge is 2.26. The van der Waals surface area contributed by atoms with Crippen LogP contribution in [0.3, 0.4) is 0 Å². The van der Waals surface area contributed by atoms with Gasteiger partial charge in [-0.15, -0.1) is 0 Å². The van der Waals surface area contributed by atoms with Crippen molar-refractivity contribution < 1.29 is 19.4 Å². The van der Waals surface area contributed by atoms with Crippen LogP contribution in [0.4, 0.5) is 4.79 Å². The lowest BCUT2D eigenvalue weighted by molar-refractivity contribution is -0.124. The molecule has 0 rings (SSSR count). The lowest BCUT2D eigenvalue weighted by Crippen LogP contribution is -2.47. The molecule has 0 fully saturated rings.